The Morgan fingerprint density at radius 2 is 2.31 bits per heavy atom. The van der Waals surface area contributed by atoms with E-state index in [9.17, 15) is 0 Å². The van der Waals surface area contributed by atoms with Crippen molar-refractivity contribution in [3.8, 4) is 0 Å². The van der Waals surface area contributed by atoms with Gasteiger partial charge < -0.3 is 11.1 Å². The van der Waals surface area contributed by atoms with Gasteiger partial charge in [0.15, 0.2) is 0 Å². The third-order valence-corrected chi connectivity index (χ3v) is 2.71. The quantitative estimate of drug-likeness (QED) is 0.815. The fourth-order valence-corrected chi connectivity index (χ4v) is 1.99. The smallest absolute Gasteiger partial charge is 0.223 e. The van der Waals surface area contributed by atoms with Crippen LogP contribution in [0.2, 0.25) is 5.15 Å². The van der Waals surface area contributed by atoms with Crippen LogP contribution >= 0.6 is 22.9 Å². The van der Waals surface area contributed by atoms with Crippen LogP contribution in [0.25, 0.3) is 0 Å². The summed E-state index contributed by atoms with van der Waals surface area (Å²) in [6.45, 7) is 0.733. The number of rotatable bonds is 4. The number of halogens is 1. The number of anilines is 2. The average molecular weight is 256 g/mol. The summed E-state index contributed by atoms with van der Waals surface area (Å²) < 4.78 is 0. The van der Waals surface area contributed by atoms with Crippen LogP contribution in [0, 0.1) is 0 Å². The van der Waals surface area contributed by atoms with Gasteiger partial charge in [0, 0.05) is 24.4 Å². The minimum Gasteiger partial charge on any atom is -0.369 e. The number of nitrogens with one attached hydrogen (secondary N) is 1. The summed E-state index contributed by atoms with van der Waals surface area (Å²) in [5.74, 6) is 0.802. The first-order chi connectivity index (χ1) is 7.74. The molecule has 0 aromatic carbocycles. The van der Waals surface area contributed by atoms with Crippen molar-refractivity contribution < 1.29 is 0 Å². The van der Waals surface area contributed by atoms with Crippen LogP contribution in [-0.2, 0) is 6.42 Å². The first-order valence-electron chi connectivity index (χ1n) is 4.65. The van der Waals surface area contributed by atoms with E-state index in [1.807, 2.05) is 10.9 Å². The Labute approximate surface area is 102 Å². The van der Waals surface area contributed by atoms with Gasteiger partial charge in [0.05, 0.1) is 11.2 Å². The Kier molecular flexibility index (Phi) is 3.53. The molecule has 0 bridgehead atoms. The highest BCUT2D eigenvalue weighted by atomic mass is 35.5. The molecule has 0 aliphatic carbocycles. The van der Waals surface area contributed by atoms with Gasteiger partial charge >= 0.3 is 0 Å². The Bertz CT molecular complexity index is 439. The Morgan fingerprint density at radius 1 is 1.44 bits per heavy atom. The maximum absolute atomic E-state index is 5.75. The molecule has 0 aliphatic heterocycles. The zero-order valence-corrected chi connectivity index (χ0v) is 9.92. The van der Waals surface area contributed by atoms with Gasteiger partial charge in [-0.25, -0.2) is 9.97 Å². The molecular weight excluding hydrogens is 246 g/mol. The molecule has 16 heavy (non-hydrogen) atoms. The lowest BCUT2D eigenvalue weighted by atomic mass is 10.3. The summed E-state index contributed by atoms with van der Waals surface area (Å²) in [6.07, 6.45) is 0.838. The highest BCUT2D eigenvalue weighted by Crippen LogP contribution is 2.12. The minimum absolute atomic E-state index is 0.170. The van der Waals surface area contributed by atoms with Crippen molar-refractivity contribution in [1.29, 1.82) is 0 Å². The summed E-state index contributed by atoms with van der Waals surface area (Å²) in [4.78, 5) is 12.0. The van der Waals surface area contributed by atoms with Gasteiger partial charge in [-0.3, -0.25) is 0 Å². The number of nitrogen functional groups attached to an aromatic ring is 1. The van der Waals surface area contributed by atoms with E-state index in [0.717, 1.165) is 18.7 Å². The second-order valence-corrected chi connectivity index (χ2v) is 4.20. The van der Waals surface area contributed by atoms with Gasteiger partial charge in [-0.15, -0.1) is 11.3 Å². The average Bonchev–Trinajstić information content (AvgIpc) is 2.69. The Hall–Kier alpha value is -1.40. The van der Waals surface area contributed by atoms with E-state index >= 15 is 0 Å². The highest BCUT2D eigenvalue weighted by Gasteiger charge is 2.00. The molecule has 2 heterocycles. The van der Waals surface area contributed by atoms with Crippen LogP contribution < -0.4 is 11.1 Å². The number of aromatic nitrogens is 3. The molecule has 2 aromatic heterocycles. The molecule has 0 aliphatic rings. The molecule has 2 aromatic rings. The van der Waals surface area contributed by atoms with Crippen molar-refractivity contribution >= 4 is 34.7 Å². The SMILES string of the molecule is Nc1nc(Cl)cc(NCCc2cscn2)n1. The fraction of sp³-hybridized carbons (Fsp3) is 0.222. The van der Waals surface area contributed by atoms with E-state index in [-0.39, 0.29) is 5.95 Å². The van der Waals surface area contributed by atoms with E-state index in [2.05, 4.69) is 20.3 Å². The maximum Gasteiger partial charge on any atom is 0.223 e. The standard InChI is InChI=1S/C9H10ClN5S/c10-7-3-8(15-9(11)14-7)12-2-1-6-4-16-5-13-6/h3-5H,1-2H2,(H3,11,12,14,15). The minimum atomic E-state index is 0.170. The van der Waals surface area contributed by atoms with Crippen molar-refractivity contribution in [2.75, 3.05) is 17.6 Å². The summed E-state index contributed by atoms with van der Waals surface area (Å²) in [6, 6.07) is 1.64. The van der Waals surface area contributed by atoms with E-state index < -0.39 is 0 Å². The molecule has 0 saturated heterocycles. The van der Waals surface area contributed by atoms with Crippen molar-refractivity contribution in [3.05, 3.63) is 27.8 Å². The molecule has 0 spiro atoms. The zero-order valence-electron chi connectivity index (χ0n) is 8.35. The van der Waals surface area contributed by atoms with E-state index in [1.54, 1.807) is 17.4 Å². The molecule has 0 saturated carbocycles. The van der Waals surface area contributed by atoms with E-state index in [0.29, 0.717) is 11.0 Å². The summed E-state index contributed by atoms with van der Waals surface area (Å²) in [5.41, 5.74) is 8.34. The summed E-state index contributed by atoms with van der Waals surface area (Å²) in [7, 11) is 0. The van der Waals surface area contributed by atoms with Crippen molar-refractivity contribution in [2.45, 2.75) is 6.42 Å². The zero-order chi connectivity index (χ0) is 11.4. The molecule has 84 valence electrons. The lowest BCUT2D eigenvalue weighted by molar-refractivity contribution is 0.966. The molecule has 3 N–H and O–H groups in total. The van der Waals surface area contributed by atoms with Gasteiger partial charge in [-0.1, -0.05) is 11.6 Å². The van der Waals surface area contributed by atoms with Gasteiger partial charge in [-0.05, 0) is 0 Å². The Balaban J connectivity index is 1.89. The monoisotopic (exact) mass is 255 g/mol. The molecular formula is C9H10ClN5S. The van der Waals surface area contributed by atoms with Crippen LogP contribution in [-0.4, -0.2) is 21.5 Å². The summed E-state index contributed by atoms with van der Waals surface area (Å²) >= 11 is 7.33. The predicted octanol–water partition coefficient (Wildman–Crippen LogP) is 1.82. The topological polar surface area (TPSA) is 76.7 Å². The summed E-state index contributed by atoms with van der Waals surface area (Å²) in [5, 5.41) is 5.47. The van der Waals surface area contributed by atoms with Gasteiger partial charge in [0.1, 0.15) is 11.0 Å². The van der Waals surface area contributed by atoms with E-state index in [4.69, 9.17) is 17.3 Å². The Morgan fingerprint density at radius 3 is 3.00 bits per heavy atom. The largest absolute Gasteiger partial charge is 0.369 e. The van der Waals surface area contributed by atoms with Crippen molar-refractivity contribution in [1.82, 2.24) is 15.0 Å². The van der Waals surface area contributed by atoms with Gasteiger partial charge in [-0.2, -0.15) is 4.98 Å². The molecule has 0 fully saturated rings. The molecule has 2 rings (SSSR count). The van der Waals surface area contributed by atoms with E-state index in [1.165, 1.54) is 0 Å². The first-order valence-corrected chi connectivity index (χ1v) is 5.97. The predicted molar refractivity (Wildman–Crippen MR) is 65.8 cm³/mol. The van der Waals surface area contributed by atoms with Crippen LogP contribution in [0.5, 0.6) is 0 Å². The third kappa shape index (κ3) is 3.04. The number of nitrogens with zero attached hydrogens (tertiary/aromatic N) is 3. The third-order valence-electron chi connectivity index (χ3n) is 1.88. The number of thiazole rings is 1. The second-order valence-electron chi connectivity index (χ2n) is 3.09. The normalized spacial score (nSPS) is 10.3. The van der Waals surface area contributed by atoms with Gasteiger partial charge in [0.25, 0.3) is 0 Å². The van der Waals surface area contributed by atoms with Crippen LogP contribution in [0.15, 0.2) is 17.0 Å². The fourth-order valence-electron chi connectivity index (χ4n) is 1.21. The molecule has 7 heteroatoms. The lowest BCUT2D eigenvalue weighted by Crippen LogP contribution is -2.08. The number of nitrogens with two attached hydrogens (primary N) is 1. The first kappa shape index (κ1) is 11.1. The molecule has 0 unspecified atom stereocenters. The molecule has 0 atom stereocenters. The van der Waals surface area contributed by atoms with Crippen molar-refractivity contribution in [2.24, 2.45) is 0 Å². The molecule has 5 nitrogen and oxygen atoms in total. The van der Waals surface area contributed by atoms with Crippen LogP contribution in [0.4, 0.5) is 11.8 Å². The number of hydrogen-bond acceptors (Lipinski definition) is 6. The molecule has 0 radical (unpaired) electrons. The lowest BCUT2D eigenvalue weighted by Gasteiger charge is -2.04. The molecule has 0 amide bonds. The van der Waals surface area contributed by atoms with Crippen LogP contribution in [0.3, 0.4) is 0 Å². The number of hydrogen-bond donors (Lipinski definition) is 2. The maximum atomic E-state index is 5.75. The highest BCUT2D eigenvalue weighted by molar-refractivity contribution is 7.07. The van der Waals surface area contributed by atoms with Crippen LogP contribution in [0.1, 0.15) is 5.69 Å². The van der Waals surface area contributed by atoms with Gasteiger partial charge in [0.2, 0.25) is 5.95 Å². The second kappa shape index (κ2) is 5.09. The van der Waals surface area contributed by atoms with Crippen molar-refractivity contribution in [3.63, 3.8) is 0 Å².